The molecule has 2 aliphatic heterocycles. The number of amides is 1. The summed E-state index contributed by atoms with van der Waals surface area (Å²) in [5.41, 5.74) is 1.90. The fourth-order valence-corrected chi connectivity index (χ4v) is 3.12. The second-order valence-corrected chi connectivity index (χ2v) is 6.36. The van der Waals surface area contributed by atoms with Crippen molar-refractivity contribution in [3.8, 4) is 11.5 Å². The molecular weight excluding hydrogens is 367 g/mol. The molecule has 1 atom stereocenters. The predicted octanol–water partition coefficient (Wildman–Crippen LogP) is 3.85. The number of nitrogens with zero attached hydrogens (tertiary/aromatic N) is 1. The number of benzene rings is 2. The van der Waals surface area contributed by atoms with Crippen molar-refractivity contribution in [3.63, 3.8) is 0 Å². The van der Waals surface area contributed by atoms with Gasteiger partial charge in [-0.05, 0) is 24.3 Å². The van der Waals surface area contributed by atoms with Crippen LogP contribution in [0.4, 0.5) is 5.69 Å². The Hall–Kier alpha value is -2.44. The number of fused-ring (bicyclic) bond motifs is 1. The summed E-state index contributed by atoms with van der Waals surface area (Å²) >= 11 is 12.1. The summed E-state index contributed by atoms with van der Waals surface area (Å²) in [6, 6.07) is 10.3. The second kappa shape index (κ2) is 6.46. The number of halogens is 2. The molecule has 0 aliphatic carbocycles. The lowest BCUT2D eigenvalue weighted by Gasteiger charge is -2.10. The topological polar surface area (TPSA) is 69.2 Å². The summed E-state index contributed by atoms with van der Waals surface area (Å²) in [6.07, 6.45) is -0.412. The molecule has 2 aromatic rings. The van der Waals surface area contributed by atoms with Crippen molar-refractivity contribution >= 4 is 40.5 Å². The first kappa shape index (κ1) is 16.1. The zero-order valence-electron chi connectivity index (χ0n) is 12.8. The maximum Gasteiger partial charge on any atom is 0.268 e. The van der Waals surface area contributed by atoms with Crippen LogP contribution in [0.2, 0.25) is 10.0 Å². The predicted molar refractivity (Wildman–Crippen MR) is 93.7 cm³/mol. The minimum atomic E-state index is -0.729. The van der Waals surface area contributed by atoms with Crippen LogP contribution in [-0.2, 0) is 9.63 Å². The molecule has 25 heavy (non-hydrogen) atoms. The first-order valence-electron chi connectivity index (χ1n) is 7.49. The van der Waals surface area contributed by atoms with Crippen LogP contribution in [0, 0.1) is 0 Å². The molecule has 0 radical (unpaired) electrons. The molecular formula is C17H12Cl2N2O4. The third kappa shape index (κ3) is 3.23. The minimum Gasteiger partial charge on any atom is -0.454 e. The molecule has 8 heteroatoms. The van der Waals surface area contributed by atoms with Crippen LogP contribution in [-0.4, -0.2) is 24.5 Å². The highest BCUT2D eigenvalue weighted by molar-refractivity contribution is 6.37. The summed E-state index contributed by atoms with van der Waals surface area (Å²) in [4.78, 5) is 17.7. The van der Waals surface area contributed by atoms with E-state index in [4.69, 9.17) is 37.5 Å². The molecule has 0 aromatic heterocycles. The highest BCUT2D eigenvalue weighted by Crippen LogP contribution is 2.34. The van der Waals surface area contributed by atoms with E-state index in [1.165, 1.54) is 0 Å². The van der Waals surface area contributed by atoms with Gasteiger partial charge in [-0.3, -0.25) is 4.79 Å². The van der Waals surface area contributed by atoms with E-state index < -0.39 is 6.10 Å². The fraction of sp³-hybridized carbons (Fsp3) is 0.176. The Bertz CT molecular complexity index is 885. The molecule has 0 saturated heterocycles. The average molecular weight is 379 g/mol. The Kier molecular flexibility index (Phi) is 4.15. The van der Waals surface area contributed by atoms with E-state index in [1.807, 2.05) is 0 Å². The average Bonchev–Trinajstić information content (AvgIpc) is 3.23. The number of hydrogen-bond donors (Lipinski definition) is 1. The number of ether oxygens (including phenoxy) is 2. The molecule has 0 spiro atoms. The van der Waals surface area contributed by atoms with Gasteiger partial charge in [0, 0.05) is 28.8 Å². The van der Waals surface area contributed by atoms with E-state index >= 15 is 0 Å². The summed E-state index contributed by atoms with van der Waals surface area (Å²) < 4.78 is 10.5. The lowest BCUT2D eigenvalue weighted by atomic mass is 10.0. The molecule has 0 bridgehead atoms. The van der Waals surface area contributed by atoms with Crippen molar-refractivity contribution in [2.45, 2.75) is 12.5 Å². The molecule has 6 nitrogen and oxygen atoms in total. The standard InChI is InChI=1S/C17H12Cl2N2O4/c18-9-1-3-11(12(19)5-9)13-7-16(25-21-13)17(22)20-10-2-4-14-15(6-10)24-8-23-14/h1-6,16H,7-8H2,(H,20,22). The molecule has 2 heterocycles. The number of anilines is 1. The van der Waals surface area contributed by atoms with Crippen molar-refractivity contribution in [2.75, 3.05) is 12.1 Å². The van der Waals surface area contributed by atoms with Gasteiger partial charge in [-0.2, -0.15) is 0 Å². The summed E-state index contributed by atoms with van der Waals surface area (Å²) in [6.45, 7) is 0.178. The molecule has 128 valence electrons. The van der Waals surface area contributed by atoms with Crippen molar-refractivity contribution in [1.29, 1.82) is 0 Å². The van der Waals surface area contributed by atoms with Crippen LogP contribution in [0.3, 0.4) is 0 Å². The number of carbonyl (C=O) groups excluding carboxylic acids is 1. The van der Waals surface area contributed by atoms with Gasteiger partial charge in [-0.25, -0.2) is 0 Å². The largest absolute Gasteiger partial charge is 0.454 e. The fourth-order valence-electron chi connectivity index (χ4n) is 2.60. The lowest BCUT2D eigenvalue weighted by Crippen LogP contribution is -2.28. The van der Waals surface area contributed by atoms with E-state index in [0.717, 1.165) is 0 Å². The van der Waals surface area contributed by atoms with Gasteiger partial charge >= 0.3 is 0 Å². The van der Waals surface area contributed by atoms with Crippen molar-refractivity contribution in [1.82, 2.24) is 0 Å². The van der Waals surface area contributed by atoms with Crippen LogP contribution < -0.4 is 14.8 Å². The number of carbonyl (C=O) groups is 1. The zero-order chi connectivity index (χ0) is 17.4. The SMILES string of the molecule is O=C(Nc1ccc2c(c1)OCO2)C1CC(c2ccc(Cl)cc2Cl)=NO1. The van der Waals surface area contributed by atoms with E-state index in [-0.39, 0.29) is 12.7 Å². The monoisotopic (exact) mass is 378 g/mol. The van der Waals surface area contributed by atoms with Gasteiger partial charge in [-0.15, -0.1) is 0 Å². The summed E-state index contributed by atoms with van der Waals surface area (Å²) in [5, 5.41) is 7.76. The Morgan fingerprint density at radius 3 is 2.80 bits per heavy atom. The van der Waals surface area contributed by atoms with Crippen LogP contribution in [0.25, 0.3) is 0 Å². The van der Waals surface area contributed by atoms with Gasteiger partial charge in [0.1, 0.15) is 0 Å². The van der Waals surface area contributed by atoms with Gasteiger partial charge in [0.05, 0.1) is 10.7 Å². The zero-order valence-corrected chi connectivity index (χ0v) is 14.3. The Morgan fingerprint density at radius 2 is 1.96 bits per heavy atom. The first-order chi connectivity index (χ1) is 12.1. The van der Waals surface area contributed by atoms with E-state index in [9.17, 15) is 4.79 Å². The number of nitrogens with one attached hydrogen (secondary N) is 1. The smallest absolute Gasteiger partial charge is 0.268 e. The van der Waals surface area contributed by atoms with Crippen molar-refractivity contribution in [2.24, 2.45) is 5.16 Å². The molecule has 1 amide bonds. The molecule has 2 aromatic carbocycles. The van der Waals surface area contributed by atoms with Gasteiger partial charge < -0.3 is 19.6 Å². The normalized spacial score (nSPS) is 17.8. The van der Waals surface area contributed by atoms with Gasteiger partial charge in [0.2, 0.25) is 12.9 Å². The quantitative estimate of drug-likeness (QED) is 0.880. The maximum absolute atomic E-state index is 12.4. The van der Waals surface area contributed by atoms with Crippen LogP contribution >= 0.6 is 23.2 Å². The van der Waals surface area contributed by atoms with E-state index in [0.29, 0.717) is 44.9 Å². The molecule has 0 saturated carbocycles. The van der Waals surface area contributed by atoms with Gasteiger partial charge in [0.15, 0.2) is 11.5 Å². The highest BCUT2D eigenvalue weighted by atomic mass is 35.5. The number of oxime groups is 1. The number of rotatable bonds is 3. The second-order valence-electron chi connectivity index (χ2n) is 5.52. The molecule has 1 unspecified atom stereocenters. The van der Waals surface area contributed by atoms with Gasteiger partial charge in [-0.1, -0.05) is 34.4 Å². The Morgan fingerprint density at radius 1 is 1.12 bits per heavy atom. The van der Waals surface area contributed by atoms with Crippen LogP contribution in [0.1, 0.15) is 12.0 Å². The Balaban J connectivity index is 1.43. The Labute approximate surface area is 153 Å². The minimum absolute atomic E-state index is 0.178. The third-order valence-electron chi connectivity index (χ3n) is 3.84. The van der Waals surface area contributed by atoms with Crippen molar-refractivity contribution in [3.05, 3.63) is 52.0 Å². The van der Waals surface area contributed by atoms with E-state index in [2.05, 4.69) is 10.5 Å². The first-order valence-corrected chi connectivity index (χ1v) is 8.24. The maximum atomic E-state index is 12.4. The highest BCUT2D eigenvalue weighted by Gasteiger charge is 2.30. The van der Waals surface area contributed by atoms with Gasteiger partial charge in [0.25, 0.3) is 5.91 Å². The summed E-state index contributed by atoms with van der Waals surface area (Å²) in [5.74, 6) is 0.941. The number of hydrogen-bond acceptors (Lipinski definition) is 5. The van der Waals surface area contributed by atoms with Crippen LogP contribution in [0.15, 0.2) is 41.6 Å². The molecule has 1 N–H and O–H groups in total. The van der Waals surface area contributed by atoms with Crippen LogP contribution in [0.5, 0.6) is 11.5 Å². The molecule has 0 fully saturated rings. The van der Waals surface area contributed by atoms with Crippen molar-refractivity contribution < 1.29 is 19.1 Å². The third-order valence-corrected chi connectivity index (χ3v) is 4.39. The summed E-state index contributed by atoms with van der Waals surface area (Å²) in [7, 11) is 0. The molecule has 2 aliphatic rings. The van der Waals surface area contributed by atoms with E-state index in [1.54, 1.807) is 36.4 Å². The lowest BCUT2D eigenvalue weighted by molar-refractivity contribution is -0.125. The molecule has 4 rings (SSSR count).